The van der Waals surface area contributed by atoms with Crippen LogP contribution in [0.1, 0.15) is 40.5 Å². The third kappa shape index (κ3) is 5.05. The summed E-state index contributed by atoms with van der Waals surface area (Å²) in [6.45, 7) is 9.83. The van der Waals surface area contributed by atoms with E-state index in [0.29, 0.717) is 12.2 Å². The van der Waals surface area contributed by atoms with Crippen LogP contribution in [0.3, 0.4) is 0 Å². The molecule has 0 atom stereocenters. The Morgan fingerprint density at radius 2 is 2.00 bits per heavy atom. The topological polar surface area (TPSA) is 61.0 Å². The van der Waals surface area contributed by atoms with E-state index in [1.165, 1.54) is 5.56 Å². The third-order valence-corrected chi connectivity index (χ3v) is 5.36. The summed E-state index contributed by atoms with van der Waals surface area (Å²) in [7, 11) is 0. The van der Waals surface area contributed by atoms with Gasteiger partial charge in [-0.2, -0.15) is 0 Å². The van der Waals surface area contributed by atoms with Crippen LogP contribution in [0.4, 0.5) is 0 Å². The number of thiazole rings is 1. The summed E-state index contributed by atoms with van der Waals surface area (Å²) in [5, 5.41) is 6.01. The molecule has 1 aromatic carbocycles. The number of carbonyl (C=O) groups is 1. The lowest BCUT2D eigenvalue weighted by Crippen LogP contribution is -2.24. The zero-order valence-electron chi connectivity index (χ0n) is 16.1. The maximum atomic E-state index is 12.5. The average molecular weight is 383 g/mol. The monoisotopic (exact) mass is 382 g/mol. The number of benzene rings is 1. The number of aromatic nitrogens is 2. The Morgan fingerprint density at radius 1 is 1.22 bits per heavy atom. The molecule has 2 aromatic heterocycles. The van der Waals surface area contributed by atoms with Crippen molar-refractivity contribution in [3.63, 3.8) is 0 Å². The van der Waals surface area contributed by atoms with E-state index in [1.807, 2.05) is 30.6 Å². The molecular formula is C21H26N4OS. The van der Waals surface area contributed by atoms with Gasteiger partial charge in [-0.25, -0.2) is 4.98 Å². The van der Waals surface area contributed by atoms with Gasteiger partial charge >= 0.3 is 0 Å². The summed E-state index contributed by atoms with van der Waals surface area (Å²) in [4.78, 5) is 22.3. The maximum Gasteiger partial charge on any atom is 0.267 e. The number of hydrogen-bond acceptors (Lipinski definition) is 4. The number of nitrogens with zero attached hydrogens (tertiary/aromatic N) is 2. The highest BCUT2D eigenvalue weighted by molar-refractivity contribution is 7.09. The molecule has 0 unspecified atom stereocenters. The summed E-state index contributed by atoms with van der Waals surface area (Å²) in [6, 6.07) is 10.2. The molecule has 142 valence electrons. The summed E-state index contributed by atoms with van der Waals surface area (Å²) in [5.41, 5.74) is 4.76. The number of nitrogens with one attached hydrogen (secondary N) is 2. The molecule has 2 heterocycles. The Labute approximate surface area is 164 Å². The summed E-state index contributed by atoms with van der Waals surface area (Å²) < 4.78 is 0. The van der Waals surface area contributed by atoms with Crippen molar-refractivity contribution in [2.45, 2.75) is 33.9 Å². The molecule has 0 spiro atoms. The molecule has 0 radical (unpaired) electrons. The van der Waals surface area contributed by atoms with Crippen LogP contribution in [0, 0.1) is 6.92 Å². The number of aryl methyl sites for hydroxylation is 1. The minimum atomic E-state index is -0.109. The molecule has 3 rings (SSSR count). The van der Waals surface area contributed by atoms with Crippen molar-refractivity contribution in [3.8, 4) is 11.3 Å². The van der Waals surface area contributed by atoms with Crippen LogP contribution in [-0.4, -0.2) is 33.9 Å². The van der Waals surface area contributed by atoms with Crippen LogP contribution < -0.4 is 5.32 Å². The van der Waals surface area contributed by atoms with E-state index >= 15 is 0 Å². The predicted octanol–water partition coefficient (Wildman–Crippen LogP) is 4.22. The lowest BCUT2D eigenvalue weighted by Gasteiger charge is -2.18. The summed E-state index contributed by atoms with van der Waals surface area (Å²) in [6.07, 6.45) is 1.83. The van der Waals surface area contributed by atoms with E-state index in [9.17, 15) is 4.79 Å². The van der Waals surface area contributed by atoms with Crippen LogP contribution in [0.2, 0.25) is 0 Å². The normalized spacial score (nSPS) is 11.1. The van der Waals surface area contributed by atoms with Gasteiger partial charge in [0, 0.05) is 30.2 Å². The largest absolute Gasteiger partial charge is 0.357 e. The smallest absolute Gasteiger partial charge is 0.267 e. The highest BCUT2D eigenvalue weighted by Crippen LogP contribution is 2.22. The summed E-state index contributed by atoms with van der Waals surface area (Å²) in [5.74, 6) is -0.109. The van der Waals surface area contributed by atoms with Gasteiger partial charge in [0.15, 0.2) is 0 Å². The first-order valence-electron chi connectivity index (χ1n) is 9.28. The van der Waals surface area contributed by atoms with Crippen molar-refractivity contribution in [3.05, 3.63) is 63.7 Å². The minimum Gasteiger partial charge on any atom is -0.357 e. The van der Waals surface area contributed by atoms with E-state index < -0.39 is 0 Å². The molecule has 0 aliphatic heterocycles. The fourth-order valence-electron chi connectivity index (χ4n) is 2.99. The van der Waals surface area contributed by atoms with Crippen molar-refractivity contribution in [2.24, 2.45) is 0 Å². The van der Waals surface area contributed by atoms with E-state index in [1.54, 1.807) is 11.3 Å². The van der Waals surface area contributed by atoms with Crippen molar-refractivity contribution in [2.75, 3.05) is 13.1 Å². The fourth-order valence-corrected chi connectivity index (χ4v) is 3.61. The zero-order chi connectivity index (χ0) is 19.2. The van der Waals surface area contributed by atoms with Gasteiger partial charge in [0.1, 0.15) is 5.69 Å². The number of carbonyl (C=O) groups excluding carboxylic acids is 1. The van der Waals surface area contributed by atoms with Gasteiger partial charge < -0.3 is 10.3 Å². The Kier molecular flexibility index (Phi) is 6.42. The number of amides is 1. The molecule has 0 bridgehead atoms. The molecule has 5 nitrogen and oxygen atoms in total. The quantitative estimate of drug-likeness (QED) is 0.613. The van der Waals surface area contributed by atoms with Crippen molar-refractivity contribution >= 4 is 17.2 Å². The standard InChI is InChI=1S/C21H26N4OS/c1-4-25(5-2)13-17-8-6-7-16(9-17)11-23-21(26)19-10-18(12-22-19)20-14-27-15(3)24-20/h6-10,12,14,22H,4-5,11,13H2,1-3H3,(H,23,26). The molecule has 0 saturated carbocycles. The van der Waals surface area contributed by atoms with Gasteiger partial charge in [-0.15, -0.1) is 11.3 Å². The predicted molar refractivity (Wildman–Crippen MR) is 111 cm³/mol. The second-order valence-corrected chi connectivity index (χ2v) is 7.58. The SMILES string of the molecule is CCN(CC)Cc1cccc(CNC(=O)c2cc(-c3csc(C)n3)c[nH]2)c1. The number of rotatable bonds is 8. The van der Waals surface area contributed by atoms with Crippen molar-refractivity contribution < 1.29 is 4.79 Å². The highest BCUT2D eigenvalue weighted by Gasteiger charge is 2.11. The van der Waals surface area contributed by atoms with E-state index in [4.69, 9.17) is 0 Å². The van der Waals surface area contributed by atoms with Gasteiger partial charge in [-0.3, -0.25) is 9.69 Å². The minimum absolute atomic E-state index is 0.109. The number of hydrogen-bond donors (Lipinski definition) is 2. The van der Waals surface area contributed by atoms with Crippen molar-refractivity contribution in [1.82, 2.24) is 20.2 Å². The van der Waals surface area contributed by atoms with Crippen LogP contribution in [-0.2, 0) is 13.1 Å². The molecule has 0 saturated heterocycles. The average Bonchev–Trinajstić information content (AvgIpc) is 3.33. The Hall–Kier alpha value is -2.44. The molecule has 0 fully saturated rings. The molecule has 27 heavy (non-hydrogen) atoms. The molecular weight excluding hydrogens is 356 g/mol. The van der Waals surface area contributed by atoms with Crippen LogP contribution >= 0.6 is 11.3 Å². The first kappa shape index (κ1) is 19.3. The van der Waals surface area contributed by atoms with Gasteiger partial charge in [0.05, 0.1) is 10.7 Å². The second-order valence-electron chi connectivity index (χ2n) is 6.52. The van der Waals surface area contributed by atoms with Crippen molar-refractivity contribution in [1.29, 1.82) is 0 Å². The maximum absolute atomic E-state index is 12.5. The first-order chi connectivity index (χ1) is 13.1. The highest BCUT2D eigenvalue weighted by atomic mass is 32.1. The second kappa shape index (κ2) is 8.97. The first-order valence-corrected chi connectivity index (χ1v) is 10.2. The van der Waals surface area contributed by atoms with Gasteiger partial charge in [0.25, 0.3) is 5.91 Å². The molecule has 0 aliphatic rings. The van der Waals surface area contributed by atoms with Crippen LogP contribution in [0.25, 0.3) is 11.3 Å². The molecule has 1 amide bonds. The molecule has 6 heteroatoms. The third-order valence-electron chi connectivity index (χ3n) is 4.59. The van der Waals surface area contributed by atoms with Crippen LogP contribution in [0.15, 0.2) is 41.9 Å². The Balaban J connectivity index is 1.60. The van der Waals surface area contributed by atoms with Gasteiger partial charge in [-0.1, -0.05) is 38.1 Å². The van der Waals surface area contributed by atoms with E-state index in [-0.39, 0.29) is 5.91 Å². The zero-order valence-corrected chi connectivity index (χ0v) is 16.9. The van der Waals surface area contributed by atoms with Gasteiger partial charge in [0.2, 0.25) is 0 Å². The van der Waals surface area contributed by atoms with Gasteiger partial charge in [-0.05, 0) is 37.2 Å². The van der Waals surface area contributed by atoms with E-state index in [0.717, 1.165) is 41.5 Å². The number of H-pyrrole nitrogens is 1. The number of aromatic amines is 1. The summed E-state index contributed by atoms with van der Waals surface area (Å²) >= 11 is 1.60. The Bertz CT molecular complexity index is 895. The molecule has 2 N–H and O–H groups in total. The van der Waals surface area contributed by atoms with E-state index in [2.05, 4.69) is 52.2 Å². The Morgan fingerprint density at radius 3 is 2.70 bits per heavy atom. The molecule has 3 aromatic rings. The lowest BCUT2D eigenvalue weighted by molar-refractivity contribution is 0.0946. The molecule has 0 aliphatic carbocycles. The fraction of sp³-hybridized carbons (Fsp3) is 0.333. The van der Waals surface area contributed by atoms with Crippen LogP contribution in [0.5, 0.6) is 0 Å². The lowest BCUT2D eigenvalue weighted by atomic mass is 10.1.